The Morgan fingerprint density at radius 1 is 1.44 bits per heavy atom. The van der Waals surface area contributed by atoms with E-state index in [0.717, 1.165) is 22.8 Å². The van der Waals surface area contributed by atoms with Gasteiger partial charge in [0.15, 0.2) is 10.4 Å². The molecule has 25 heavy (non-hydrogen) atoms. The predicted octanol–water partition coefficient (Wildman–Crippen LogP) is 2.00. The van der Waals surface area contributed by atoms with E-state index in [0.29, 0.717) is 23.6 Å². The second kappa shape index (κ2) is 8.07. The number of fused-ring (bicyclic) bond motifs is 1. The molecule has 0 aromatic carbocycles. The van der Waals surface area contributed by atoms with Crippen LogP contribution in [-0.4, -0.2) is 41.9 Å². The number of ether oxygens (including phenoxy) is 1. The fraction of sp³-hybridized carbons (Fsp3) is 0.400. The maximum Gasteiger partial charge on any atom is 0.292 e. The molecule has 0 atom stereocenters. The fourth-order valence-corrected chi connectivity index (χ4v) is 3.75. The summed E-state index contributed by atoms with van der Waals surface area (Å²) in [7, 11) is 1.57. The van der Waals surface area contributed by atoms with Crippen molar-refractivity contribution in [3.05, 3.63) is 33.8 Å². The van der Waals surface area contributed by atoms with Gasteiger partial charge in [-0.25, -0.2) is 4.68 Å². The first-order valence-electron chi connectivity index (χ1n) is 7.57. The van der Waals surface area contributed by atoms with Gasteiger partial charge in [0.2, 0.25) is 5.91 Å². The molecule has 3 rings (SSSR count). The van der Waals surface area contributed by atoms with E-state index in [1.54, 1.807) is 31.0 Å². The maximum atomic E-state index is 12.4. The summed E-state index contributed by atoms with van der Waals surface area (Å²) < 4.78 is 12.2. The van der Waals surface area contributed by atoms with Crippen molar-refractivity contribution in [3.63, 3.8) is 0 Å². The number of carbonyl (C=O) groups is 2. The largest absolute Gasteiger partial charge is 0.444 e. The van der Waals surface area contributed by atoms with Crippen molar-refractivity contribution >= 4 is 45.3 Å². The first kappa shape index (κ1) is 18.0. The minimum atomic E-state index is -0.383. The number of hydrogen-bond donors (Lipinski definition) is 2. The Hall–Kier alpha value is -1.78. The van der Waals surface area contributed by atoms with E-state index in [-0.39, 0.29) is 24.1 Å². The molecule has 134 valence electrons. The topological polar surface area (TPSA) is 98.4 Å². The molecule has 2 N–H and O–H groups in total. The normalized spacial score (nSPS) is 12.9. The van der Waals surface area contributed by atoms with Crippen LogP contribution in [0, 0.1) is 0 Å². The van der Waals surface area contributed by atoms with E-state index >= 15 is 0 Å². The fourth-order valence-electron chi connectivity index (χ4n) is 2.41. The van der Waals surface area contributed by atoms with E-state index in [4.69, 9.17) is 9.15 Å². The van der Waals surface area contributed by atoms with Crippen LogP contribution in [0.3, 0.4) is 0 Å². The van der Waals surface area contributed by atoms with Crippen LogP contribution in [-0.2, 0) is 27.6 Å². The van der Waals surface area contributed by atoms with Crippen LogP contribution in [0.1, 0.15) is 21.8 Å². The van der Waals surface area contributed by atoms with Crippen LogP contribution in [0.4, 0.5) is 5.82 Å². The number of halogens is 1. The van der Waals surface area contributed by atoms with Crippen LogP contribution in [0.5, 0.6) is 0 Å². The van der Waals surface area contributed by atoms with Crippen molar-refractivity contribution < 1.29 is 18.7 Å². The van der Waals surface area contributed by atoms with Crippen molar-refractivity contribution in [3.8, 4) is 0 Å². The Labute approximate surface area is 156 Å². The third-order valence-corrected chi connectivity index (χ3v) is 4.97. The minimum Gasteiger partial charge on any atom is -0.444 e. The van der Waals surface area contributed by atoms with Crippen LogP contribution in [0.25, 0.3) is 0 Å². The number of nitrogens with one attached hydrogen (secondary N) is 2. The molecular weight excluding hydrogens is 412 g/mol. The number of aromatic nitrogens is 2. The zero-order valence-corrected chi connectivity index (χ0v) is 15.9. The van der Waals surface area contributed by atoms with Crippen molar-refractivity contribution in [2.24, 2.45) is 0 Å². The van der Waals surface area contributed by atoms with Gasteiger partial charge >= 0.3 is 0 Å². The molecule has 1 aliphatic heterocycles. The zero-order valence-electron chi connectivity index (χ0n) is 13.5. The number of furan rings is 1. The highest BCUT2D eigenvalue weighted by Crippen LogP contribution is 2.35. The number of methoxy groups -OCH3 is 1. The number of nitrogens with zero attached hydrogens (tertiary/aromatic N) is 2. The molecule has 0 aliphatic carbocycles. The molecule has 2 aromatic rings. The Balaban J connectivity index is 1.75. The highest BCUT2D eigenvalue weighted by molar-refractivity contribution is 9.10. The second-order valence-electron chi connectivity index (χ2n) is 5.32. The minimum absolute atomic E-state index is 0.0266. The standard InChI is InChI=1S/C15H17BrN4O4S/c1-23-5-4-17-13(21)6-20-14(9-7-25-8-10(9)19-20)18-15(22)11-2-3-12(16)24-11/h2-3H,4-8H2,1H3,(H,17,21)(H,18,22). The van der Waals surface area contributed by atoms with Gasteiger partial charge in [0.05, 0.1) is 12.3 Å². The average molecular weight is 429 g/mol. The van der Waals surface area contributed by atoms with Gasteiger partial charge in [-0.2, -0.15) is 16.9 Å². The lowest BCUT2D eigenvalue weighted by molar-refractivity contribution is -0.122. The Morgan fingerprint density at radius 2 is 2.28 bits per heavy atom. The first-order valence-corrected chi connectivity index (χ1v) is 9.52. The lowest BCUT2D eigenvalue weighted by Crippen LogP contribution is -2.31. The molecule has 2 amide bonds. The summed E-state index contributed by atoms with van der Waals surface area (Å²) in [4.78, 5) is 24.4. The molecule has 8 nitrogen and oxygen atoms in total. The first-order chi connectivity index (χ1) is 12.1. The predicted molar refractivity (Wildman–Crippen MR) is 96.5 cm³/mol. The Morgan fingerprint density at radius 3 is 3.00 bits per heavy atom. The van der Waals surface area contributed by atoms with Gasteiger partial charge in [-0.05, 0) is 28.1 Å². The third kappa shape index (κ3) is 4.25. The summed E-state index contributed by atoms with van der Waals surface area (Å²) in [5.74, 6) is 1.66. The summed E-state index contributed by atoms with van der Waals surface area (Å²) in [6.45, 7) is 0.891. The summed E-state index contributed by atoms with van der Waals surface area (Å²) in [6, 6.07) is 3.22. The van der Waals surface area contributed by atoms with Crippen molar-refractivity contribution in [1.29, 1.82) is 0 Å². The number of carbonyl (C=O) groups excluding carboxylic acids is 2. The number of anilines is 1. The SMILES string of the molecule is COCCNC(=O)Cn1nc2c(c1NC(=O)c1ccc(Br)o1)CSC2. The third-order valence-electron chi connectivity index (χ3n) is 3.57. The molecule has 0 saturated carbocycles. The smallest absolute Gasteiger partial charge is 0.292 e. The highest BCUT2D eigenvalue weighted by atomic mass is 79.9. The van der Waals surface area contributed by atoms with E-state index in [1.807, 2.05) is 0 Å². The molecule has 0 saturated heterocycles. The molecule has 2 aromatic heterocycles. The van der Waals surface area contributed by atoms with Gasteiger partial charge in [0.25, 0.3) is 5.91 Å². The van der Waals surface area contributed by atoms with Gasteiger partial charge < -0.3 is 19.8 Å². The van der Waals surface area contributed by atoms with Crippen molar-refractivity contribution in [1.82, 2.24) is 15.1 Å². The molecule has 3 heterocycles. The van der Waals surface area contributed by atoms with E-state index in [1.165, 1.54) is 4.68 Å². The molecule has 0 spiro atoms. The van der Waals surface area contributed by atoms with Crippen LogP contribution in [0.15, 0.2) is 21.2 Å². The van der Waals surface area contributed by atoms with Gasteiger partial charge in [-0.1, -0.05) is 0 Å². The quantitative estimate of drug-likeness (QED) is 0.654. The number of amides is 2. The molecule has 0 fully saturated rings. The second-order valence-corrected chi connectivity index (χ2v) is 7.09. The number of thioether (sulfide) groups is 1. The maximum absolute atomic E-state index is 12.4. The number of rotatable bonds is 7. The molecule has 0 radical (unpaired) electrons. The van der Waals surface area contributed by atoms with Crippen LogP contribution in [0.2, 0.25) is 0 Å². The van der Waals surface area contributed by atoms with Gasteiger partial charge in [-0.15, -0.1) is 0 Å². The summed E-state index contributed by atoms with van der Waals surface area (Å²) in [5.41, 5.74) is 1.85. The van der Waals surface area contributed by atoms with Gasteiger partial charge in [0.1, 0.15) is 12.4 Å². The summed E-state index contributed by atoms with van der Waals surface area (Å²) in [5, 5.41) is 10.0. The molecule has 1 aliphatic rings. The average Bonchev–Trinajstić information content (AvgIpc) is 3.26. The lowest BCUT2D eigenvalue weighted by Gasteiger charge is -2.10. The summed E-state index contributed by atoms with van der Waals surface area (Å²) >= 11 is 4.89. The van der Waals surface area contributed by atoms with Crippen LogP contribution >= 0.6 is 27.7 Å². The number of hydrogen-bond acceptors (Lipinski definition) is 6. The zero-order chi connectivity index (χ0) is 17.8. The van der Waals surface area contributed by atoms with Crippen molar-refractivity contribution in [2.75, 3.05) is 25.6 Å². The Bertz CT molecular complexity index is 789. The molecule has 0 unspecified atom stereocenters. The van der Waals surface area contributed by atoms with Crippen LogP contribution < -0.4 is 10.6 Å². The van der Waals surface area contributed by atoms with E-state index < -0.39 is 0 Å². The van der Waals surface area contributed by atoms with E-state index in [9.17, 15) is 9.59 Å². The lowest BCUT2D eigenvalue weighted by atomic mass is 10.2. The highest BCUT2D eigenvalue weighted by Gasteiger charge is 2.25. The Kier molecular flexibility index (Phi) is 5.82. The summed E-state index contributed by atoms with van der Waals surface area (Å²) in [6.07, 6.45) is 0. The van der Waals surface area contributed by atoms with E-state index in [2.05, 4.69) is 31.7 Å². The van der Waals surface area contributed by atoms with Gasteiger partial charge in [0, 0.05) is 30.7 Å². The molecule has 10 heteroatoms. The molecule has 0 bridgehead atoms. The molecular formula is C15H17BrN4O4S. The monoisotopic (exact) mass is 428 g/mol. The van der Waals surface area contributed by atoms with Crippen molar-refractivity contribution in [2.45, 2.75) is 18.1 Å². The van der Waals surface area contributed by atoms with Gasteiger partial charge in [-0.3, -0.25) is 9.59 Å².